The summed E-state index contributed by atoms with van der Waals surface area (Å²) in [5.41, 5.74) is 2.16. The third-order valence-corrected chi connectivity index (χ3v) is 6.58. The number of fused-ring (bicyclic) bond motifs is 1. The van der Waals surface area contributed by atoms with Crippen LogP contribution < -0.4 is 0 Å². The molecule has 2 saturated heterocycles. The van der Waals surface area contributed by atoms with Gasteiger partial charge in [0.15, 0.2) is 10.9 Å². The van der Waals surface area contributed by atoms with Crippen LogP contribution in [0.4, 0.5) is 0 Å². The Morgan fingerprint density at radius 2 is 1.93 bits per heavy atom. The van der Waals surface area contributed by atoms with Crippen LogP contribution in [0.25, 0.3) is 11.0 Å². The Balaban J connectivity index is 1.38. The number of imidazole rings is 1. The summed E-state index contributed by atoms with van der Waals surface area (Å²) >= 11 is 1.55. The van der Waals surface area contributed by atoms with Crippen LogP contribution in [0.3, 0.4) is 0 Å². The van der Waals surface area contributed by atoms with Gasteiger partial charge in [0.05, 0.1) is 30.0 Å². The van der Waals surface area contributed by atoms with Gasteiger partial charge in [-0.05, 0) is 18.6 Å². The lowest BCUT2D eigenvalue weighted by molar-refractivity contribution is -0.186. The number of ether oxygens (including phenoxy) is 2. The molecule has 0 N–H and O–H groups in total. The van der Waals surface area contributed by atoms with Crippen molar-refractivity contribution in [3.63, 3.8) is 0 Å². The van der Waals surface area contributed by atoms with Gasteiger partial charge in [-0.1, -0.05) is 43.7 Å². The predicted molar refractivity (Wildman–Crippen MR) is 110 cm³/mol. The van der Waals surface area contributed by atoms with Crippen LogP contribution in [0, 0.1) is 0 Å². The van der Waals surface area contributed by atoms with E-state index in [1.807, 2.05) is 17.0 Å². The summed E-state index contributed by atoms with van der Waals surface area (Å²) in [7, 11) is 0. The molecule has 1 aromatic heterocycles. The number of thioether (sulfide) groups is 1. The number of likely N-dealkylation sites (tertiary alicyclic amines) is 1. The van der Waals surface area contributed by atoms with Crippen LogP contribution in [0.5, 0.6) is 0 Å². The smallest absolute Gasteiger partial charge is 0.233 e. The maximum Gasteiger partial charge on any atom is 0.233 e. The fourth-order valence-electron chi connectivity index (χ4n) is 4.00. The summed E-state index contributed by atoms with van der Waals surface area (Å²) in [6.07, 6.45) is 5.05. The molecule has 1 amide bonds. The van der Waals surface area contributed by atoms with Gasteiger partial charge in [-0.15, -0.1) is 0 Å². The minimum atomic E-state index is -0.433. The summed E-state index contributed by atoms with van der Waals surface area (Å²) in [6.45, 7) is 5.89. The van der Waals surface area contributed by atoms with E-state index in [1.165, 1.54) is 12.8 Å². The lowest BCUT2D eigenvalue weighted by Crippen LogP contribution is -2.47. The lowest BCUT2D eigenvalue weighted by Gasteiger charge is -2.37. The molecule has 0 unspecified atom stereocenters. The van der Waals surface area contributed by atoms with Crippen LogP contribution in [0.2, 0.25) is 0 Å². The van der Waals surface area contributed by atoms with E-state index >= 15 is 0 Å². The first-order valence-corrected chi connectivity index (χ1v) is 11.3. The molecule has 2 aliphatic rings. The second-order valence-corrected chi connectivity index (χ2v) is 8.46. The topological polar surface area (TPSA) is 56.6 Å². The Morgan fingerprint density at radius 1 is 1.18 bits per heavy atom. The number of unbranched alkanes of at least 4 members (excludes halogenated alkanes) is 2. The largest absolute Gasteiger partial charge is 0.347 e. The van der Waals surface area contributed by atoms with Gasteiger partial charge >= 0.3 is 0 Å². The van der Waals surface area contributed by atoms with Gasteiger partial charge < -0.3 is 18.9 Å². The monoisotopic (exact) mass is 403 g/mol. The lowest BCUT2D eigenvalue weighted by atomic mass is 10.0. The van der Waals surface area contributed by atoms with Crippen LogP contribution in [0.15, 0.2) is 29.4 Å². The van der Waals surface area contributed by atoms with Crippen molar-refractivity contribution in [3.8, 4) is 0 Å². The fraction of sp³-hybridized carbons (Fsp3) is 0.619. The number of nitrogens with zero attached hydrogens (tertiary/aromatic N) is 3. The maximum atomic E-state index is 12.7. The van der Waals surface area contributed by atoms with Crippen molar-refractivity contribution in [2.75, 3.05) is 32.1 Å². The van der Waals surface area contributed by atoms with E-state index in [-0.39, 0.29) is 5.91 Å². The molecule has 4 rings (SSSR count). The number of piperidine rings is 1. The first kappa shape index (κ1) is 19.7. The number of aryl methyl sites for hydroxylation is 1. The van der Waals surface area contributed by atoms with Crippen LogP contribution >= 0.6 is 11.8 Å². The Morgan fingerprint density at radius 3 is 2.68 bits per heavy atom. The average Bonchev–Trinajstić information content (AvgIpc) is 3.32. The molecule has 3 heterocycles. The summed E-state index contributed by atoms with van der Waals surface area (Å²) in [4.78, 5) is 19.5. The number of benzene rings is 1. The van der Waals surface area contributed by atoms with Gasteiger partial charge in [0.25, 0.3) is 0 Å². The Bertz CT molecular complexity index is 806. The fourth-order valence-corrected chi connectivity index (χ4v) is 4.94. The van der Waals surface area contributed by atoms with Crippen molar-refractivity contribution in [1.82, 2.24) is 14.5 Å². The van der Waals surface area contributed by atoms with Crippen molar-refractivity contribution in [1.29, 1.82) is 0 Å². The van der Waals surface area contributed by atoms with Crippen LogP contribution in [-0.4, -0.2) is 58.2 Å². The first-order valence-electron chi connectivity index (χ1n) is 10.3. The minimum Gasteiger partial charge on any atom is -0.347 e. The van der Waals surface area contributed by atoms with Gasteiger partial charge in [0.1, 0.15) is 0 Å². The second kappa shape index (κ2) is 8.84. The van der Waals surface area contributed by atoms with Gasteiger partial charge in [-0.3, -0.25) is 4.79 Å². The van der Waals surface area contributed by atoms with E-state index in [4.69, 9.17) is 14.5 Å². The third kappa shape index (κ3) is 4.21. The van der Waals surface area contributed by atoms with E-state index in [0.717, 1.165) is 42.0 Å². The Labute approximate surface area is 170 Å². The molecule has 152 valence electrons. The number of aromatic nitrogens is 2. The zero-order valence-electron chi connectivity index (χ0n) is 16.6. The average molecular weight is 404 g/mol. The molecule has 2 fully saturated rings. The molecule has 1 aromatic carbocycles. The third-order valence-electron chi connectivity index (χ3n) is 5.62. The SMILES string of the molecule is CCCCCn1c(SCC(=O)N2CCC3(CC2)OCCO3)nc2ccccc21. The zero-order valence-corrected chi connectivity index (χ0v) is 17.4. The van der Waals surface area contributed by atoms with Gasteiger partial charge in [-0.25, -0.2) is 4.98 Å². The summed E-state index contributed by atoms with van der Waals surface area (Å²) in [5.74, 6) is 0.160. The number of hydrogen-bond acceptors (Lipinski definition) is 5. The van der Waals surface area contributed by atoms with E-state index < -0.39 is 5.79 Å². The predicted octanol–water partition coefficient (Wildman–Crippen LogP) is 3.68. The van der Waals surface area contributed by atoms with Crippen molar-refractivity contribution in [2.24, 2.45) is 0 Å². The highest BCUT2D eigenvalue weighted by Gasteiger charge is 2.40. The molecular weight excluding hydrogens is 374 g/mol. The first-order chi connectivity index (χ1) is 13.7. The molecule has 0 bridgehead atoms. The summed E-state index contributed by atoms with van der Waals surface area (Å²) in [5, 5.41) is 0.946. The highest BCUT2D eigenvalue weighted by molar-refractivity contribution is 7.99. The molecule has 2 aliphatic heterocycles. The molecule has 1 spiro atoms. The Kier molecular flexibility index (Phi) is 6.23. The minimum absolute atomic E-state index is 0.171. The van der Waals surface area contributed by atoms with E-state index in [1.54, 1.807) is 11.8 Å². The second-order valence-electron chi connectivity index (χ2n) is 7.52. The summed E-state index contributed by atoms with van der Waals surface area (Å²) < 4.78 is 13.8. The number of para-hydroxylation sites is 2. The maximum absolute atomic E-state index is 12.7. The summed E-state index contributed by atoms with van der Waals surface area (Å²) in [6, 6.07) is 8.23. The molecule has 2 aromatic rings. The molecule has 0 radical (unpaired) electrons. The normalized spacial score (nSPS) is 19.0. The number of carbonyl (C=O) groups excluding carboxylic acids is 1. The van der Waals surface area contributed by atoms with Crippen molar-refractivity contribution in [2.45, 2.75) is 56.5 Å². The zero-order chi connectivity index (χ0) is 19.4. The number of hydrogen-bond donors (Lipinski definition) is 0. The van der Waals surface area contributed by atoms with Gasteiger partial charge in [0, 0.05) is 32.5 Å². The quantitative estimate of drug-likeness (QED) is 0.521. The number of amides is 1. The number of carbonyl (C=O) groups is 1. The molecule has 0 aliphatic carbocycles. The van der Waals surface area contributed by atoms with E-state index in [2.05, 4.69) is 23.6 Å². The molecule has 0 atom stereocenters. The highest BCUT2D eigenvalue weighted by Crippen LogP contribution is 2.32. The van der Waals surface area contributed by atoms with Crippen molar-refractivity contribution < 1.29 is 14.3 Å². The van der Waals surface area contributed by atoms with Crippen LogP contribution in [-0.2, 0) is 20.8 Å². The molecule has 28 heavy (non-hydrogen) atoms. The van der Waals surface area contributed by atoms with Gasteiger partial charge in [0.2, 0.25) is 5.91 Å². The molecule has 0 saturated carbocycles. The highest BCUT2D eigenvalue weighted by atomic mass is 32.2. The van der Waals surface area contributed by atoms with Crippen LogP contribution in [0.1, 0.15) is 39.0 Å². The van der Waals surface area contributed by atoms with Crippen molar-refractivity contribution >= 4 is 28.7 Å². The van der Waals surface area contributed by atoms with E-state index in [0.29, 0.717) is 32.1 Å². The molecule has 6 nitrogen and oxygen atoms in total. The molecular formula is C21H29N3O3S. The van der Waals surface area contributed by atoms with E-state index in [9.17, 15) is 4.79 Å². The Hall–Kier alpha value is -1.57. The van der Waals surface area contributed by atoms with Gasteiger partial charge in [-0.2, -0.15) is 0 Å². The molecule has 7 heteroatoms. The number of rotatable bonds is 7. The standard InChI is InChI=1S/C21H29N3O3S/c1-2-3-6-11-24-18-8-5-4-7-17(18)22-20(24)28-16-19(25)23-12-9-21(10-13-23)26-14-15-27-21/h4-5,7-8H,2-3,6,9-16H2,1H3. The van der Waals surface area contributed by atoms with Crippen molar-refractivity contribution in [3.05, 3.63) is 24.3 Å².